The molecule has 2 heterocycles. The van der Waals surface area contributed by atoms with Gasteiger partial charge < -0.3 is 20.5 Å². The van der Waals surface area contributed by atoms with Gasteiger partial charge in [-0.1, -0.05) is 23.9 Å². The standard InChI is InChI=1S/C16H20N4O2S/c1-21-12-5-3-4-11-6-10(9-22-15(11)12)8-18-14-7-13(17)19-16(20-14)23-2/h3-5,7,10H,6,8-9H2,1-2H3,(H3,17,18,19,20). The van der Waals surface area contributed by atoms with Crippen molar-refractivity contribution in [3.05, 3.63) is 29.8 Å². The normalized spacial score (nSPS) is 16.3. The summed E-state index contributed by atoms with van der Waals surface area (Å²) in [6, 6.07) is 7.75. The number of rotatable bonds is 5. The van der Waals surface area contributed by atoms with Gasteiger partial charge in [0.25, 0.3) is 0 Å². The van der Waals surface area contributed by atoms with Crippen molar-refractivity contribution in [2.45, 2.75) is 11.6 Å². The molecule has 0 saturated heterocycles. The molecule has 0 radical (unpaired) electrons. The first kappa shape index (κ1) is 15.7. The molecule has 1 aliphatic rings. The molecule has 0 fully saturated rings. The fourth-order valence-corrected chi connectivity index (χ4v) is 3.01. The highest BCUT2D eigenvalue weighted by atomic mass is 32.2. The van der Waals surface area contributed by atoms with Crippen molar-refractivity contribution < 1.29 is 9.47 Å². The van der Waals surface area contributed by atoms with Crippen LogP contribution < -0.4 is 20.5 Å². The van der Waals surface area contributed by atoms with E-state index < -0.39 is 0 Å². The van der Waals surface area contributed by atoms with Crippen LogP contribution in [0, 0.1) is 5.92 Å². The number of nitrogens with zero attached hydrogens (tertiary/aromatic N) is 2. The number of ether oxygens (including phenoxy) is 2. The van der Waals surface area contributed by atoms with E-state index >= 15 is 0 Å². The second-order valence-electron chi connectivity index (χ2n) is 5.38. The van der Waals surface area contributed by atoms with Crippen LogP contribution in [-0.4, -0.2) is 36.5 Å². The predicted molar refractivity (Wildman–Crippen MR) is 92.4 cm³/mol. The van der Waals surface area contributed by atoms with Gasteiger partial charge in [0.15, 0.2) is 16.7 Å². The van der Waals surface area contributed by atoms with Crippen molar-refractivity contribution in [1.82, 2.24) is 9.97 Å². The maximum Gasteiger partial charge on any atom is 0.191 e. The smallest absolute Gasteiger partial charge is 0.191 e. The molecule has 0 bridgehead atoms. The summed E-state index contributed by atoms with van der Waals surface area (Å²) in [5.74, 6) is 3.24. The first-order valence-corrected chi connectivity index (χ1v) is 8.63. The van der Waals surface area contributed by atoms with Crippen LogP contribution in [0.3, 0.4) is 0 Å². The first-order chi connectivity index (χ1) is 11.2. The lowest BCUT2D eigenvalue weighted by Crippen LogP contribution is -2.27. The second-order valence-corrected chi connectivity index (χ2v) is 6.15. The van der Waals surface area contributed by atoms with Crippen molar-refractivity contribution in [2.24, 2.45) is 5.92 Å². The molecule has 1 aromatic carbocycles. The van der Waals surface area contributed by atoms with Crippen molar-refractivity contribution in [1.29, 1.82) is 0 Å². The number of nitrogens with one attached hydrogen (secondary N) is 1. The van der Waals surface area contributed by atoms with Gasteiger partial charge in [0.1, 0.15) is 11.6 Å². The largest absolute Gasteiger partial charge is 0.493 e. The highest BCUT2D eigenvalue weighted by Gasteiger charge is 2.22. The summed E-state index contributed by atoms with van der Waals surface area (Å²) in [4.78, 5) is 8.56. The number of anilines is 2. The minimum Gasteiger partial charge on any atom is -0.493 e. The molecule has 7 heteroatoms. The fraction of sp³-hybridized carbons (Fsp3) is 0.375. The van der Waals surface area contributed by atoms with Gasteiger partial charge in [-0.15, -0.1) is 0 Å². The van der Waals surface area contributed by atoms with Crippen LogP contribution in [0.15, 0.2) is 29.4 Å². The maximum absolute atomic E-state index is 5.89. The van der Waals surface area contributed by atoms with E-state index in [-0.39, 0.29) is 0 Å². The third-order valence-electron chi connectivity index (χ3n) is 3.73. The van der Waals surface area contributed by atoms with Crippen LogP contribution in [0.5, 0.6) is 11.5 Å². The summed E-state index contributed by atoms with van der Waals surface area (Å²) < 4.78 is 11.2. The van der Waals surface area contributed by atoms with E-state index in [2.05, 4.69) is 21.4 Å². The monoisotopic (exact) mass is 332 g/mol. The lowest BCUT2D eigenvalue weighted by molar-refractivity contribution is 0.218. The zero-order valence-corrected chi connectivity index (χ0v) is 14.0. The van der Waals surface area contributed by atoms with E-state index in [4.69, 9.17) is 15.2 Å². The Morgan fingerprint density at radius 2 is 2.30 bits per heavy atom. The van der Waals surface area contributed by atoms with Crippen LogP contribution in [0.2, 0.25) is 0 Å². The van der Waals surface area contributed by atoms with Gasteiger partial charge in [-0.05, 0) is 24.3 Å². The third kappa shape index (κ3) is 3.61. The van der Waals surface area contributed by atoms with Gasteiger partial charge in [-0.3, -0.25) is 0 Å². The minimum atomic E-state index is 0.364. The summed E-state index contributed by atoms with van der Waals surface area (Å²) in [6.07, 6.45) is 2.87. The highest BCUT2D eigenvalue weighted by molar-refractivity contribution is 7.98. The lowest BCUT2D eigenvalue weighted by Gasteiger charge is -2.26. The van der Waals surface area contributed by atoms with Crippen molar-refractivity contribution in [3.8, 4) is 11.5 Å². The Bertz CT molecular complexity index is 696. The molecule has 1 aliphatic heterocycles. The maximum atomic E-state index is 5.89. The molecule has 1 unspecified atom stereocenters. The number of hydrogen-bond donors (Lipinski definition) is 2. The van der Waals surface area contributed by atoms with E-state index in [1.807, 2.05) is 18.4 Å². The average molecular weight is 332 g/mol. The van der Waals surface area contributed by atoms with Crippen LogP contribution in [0.4, 0.5) is 11.6 Å². The molecule has 2 aromatic rings. The van der Waals surface area contributed by atoms with E-state index in [1.165, 1.54) is 17.3 Å². The Kier molecular flexibility index (Phi) is 4.76. The summed E-state index contributed by atoms with van der Waals surface area (Å²) in [6.45, 7) is 1.41. The van der Waals surface area contributed by atoms with E-state index in [1.54, 1.807) is 13.2 Å². The summed E-state index contributed by atoms with van der Waals surface area (Å²) >= 11 is 1.47. The Morgan fingerprint density at radius 1 is 1.43 bits per heavy atom. The predicted octanol–water partition coefficient (Wildman–Crippen LogP) is 2.45. The molecule has 0 spiro atoms. The number of hydrogen-bond acceptors (Lipinski definition) is 7. The van der Waals surface area contributed by atoms with Crippen LogP contribution >= 0.6 is 11.8 Å². The number of para-hydroxylation sites is 1. The lowest BCUT2D eigenvalue weighted by atomic mass is 9.96. The van der Waals surface area contributed by atoms with Gasteiger partial charge in [0.05, 0.1) is 13.7 Å². The van der Waals surface area contributed by atoms with Gasteiger partial charge >= 0.3 is 0 Å². The summed E-state index contributed by atoms with van der Waals surface area (Å²) in [7, 11) is 1.66. The Balaban J connectivity index is 1.65. The molecule has 1 atom stereocenters. The second kappa shape index (κ2) is 6.95. The third-order valence-corrected chi connectivity index (χ3v) is 4.28. The topological polar surface area (TPSA) is 82.3 Å². The zero-order chi connectivity index (χ0) is 16.2. The number of methoxy groups -OCH3 is 1. The number of nitrogens with two attached hydrogens (primary N) is 1. The van der Waals surface area contributed by atoms with Crippen molar-refractivity contribution >= 4 is 23.4 Å². The fourth-order valence-electron chi connectivity index (χ4n) is 2.62. The van der Waals surface area contributed by atoms with Crippen LogP contribution in [-0.2, 0) is 6.42 Å². The summed E-state index contributed by atoms with van der Waals surface area (Å²) in [5, 5.41) is 4.00. The first-order valence-electron chi connectivity index (χ1n) is 7.40. The zero-order valence-electron chi connectivity index (χ0n) is 13.2. The van der Waals surface area contributed by atoms with Crippen LogP contribution in [0.25, 0.3) is 0 Å². The molecule has 0 saturated carbocycles. The molecular weight excluding hydrogens is 312 g/mol. The Labute approximate surface area is 139 Å². The number of fused-ring (bicyclic) bond motifs is 1. The Morgan fingerprint density at radius 3 is 3.09 bits per heavy atom. The molecule has 3 rings (SSSR count). The molecule has 6 nitrogen and oxygen atoms in total. The molecule has 3 N–H and O–H groups in total. The highest BCUT2D eigenvalue weighted by Crippen LogP contribution is 2.36. The SMILES string of the molecule is COc1cccc2c1OCC(CNc1cc(N)nc(SC)n1)C2. The van der Waals surface area contributed by atoms with Gasteiger partial charge in [0.2, 0.25) is 0 Å². The van der Waals surface area contributed by atoms with Crippen molar-refractivity contribution in [3.63, 3.8) is 0 Å². The average Bonchev–Trinajstić information content (AvgIpc) is 2.58. The van der Waals surface area contributed by atoms with E-state index in [9.17, 15) is 0 Å². The number of nitrogen functional groups attached to an aromatic ring is 1. The molecule has 1 aromatic heterocycles. The van der Waals surface area contributed by atoms with Crippen LogP contribution in [0.1, 0.15) is 5.56 Å². The van der Waals surface area contributed by atoms with E-state index in [0.717, 1.165) is 30.3 Å². The van der Waals surface area contributed by atoms with Gasteiger partial charge in [0, 0.05) is 18.5 Å². The molecule has 23 heavy (non-hydrogen) atoms. The molecule has 122 valence electrons. The number of benzene rings is 1. The number of aromatic nitrogens is 2. The summed E-state index contributed by atoms with van der Waals surface area (Å²) in [5.41, 5.74) is 6.97. The van der Waals surface area contributed by atoms with Gasteiger partial charge in [-0.25, -0.2) is 9.97 Å². The Hall–Kier alpha value is -2.15. The minimum absolute atomic E-state index is 0.364. The molecular formula is C16H20N4O2S. The molecule has 0 aliphatic carbocycles. The van der Waals surface area contributed by atoms with Crippen molar-refractivity contribution in [2.75, 3.05) is 37.6 Å². The number of thioether (sulfide) groups is 1. The molecule has 0 amide bonds. The van der Waals surface area contributed by atoms with E-state index in [0.29, 0.717) is 23.5 Å². The van der Waals surface area contributed by atoms with Gasteiger partial charge in [-0.2, -0.15) is 0 Å². The quantitative estimate of drug-likeness (QED) is 0.643.